The van der Waals surface area contributed by atoms with Crippen molar-refractivity contribution in [2.24, 2.45) is 28.2 Å². The molecule has 32 nitrogen and oxygen atoms in total. The van der Waals surface area contributed by atoms with Crippen LogP contribution in [0.4, 0.5) is 14.4 Å². The first-order chi connectivity index (χ1) is 60.5. The summed E-state index contributed by atoms with van der Waals surface area (Å²) in [4.78, 5) is 147. The first kappa shape index (κ1) is 102. The number of pyridine rings is 4. The molecule has 4 aromatic heterocycles. The highest BCUT2D eigenvalue weighted by molar-refractivity contribution is 14.1. The van der Waals surface area contributed by atoms with Gasteiger partial charge in [-0.05, 0) is 247 Å². The van der Waals surface area contributed by atoms with Gasteiger partial charge in [-0.2, -0.15) is 0 Å². The largest absolute Gasteiger partial charge is 0.496 e. The van der Waals surface area contributed by atoms with Gasteiger partial charge in [0.15, 0.2) is 0 Å². The number of amides is 7. The maximum Gasteiger partial charge on any atom is 0.496 e. The Hall–Kier alpha value is -10.5. The first-order valence-corrected chi connectivity index (χ1v) is 45.1. The molecule has 4 aromatic carbocycles. The van der Waals surface area contributed by atoms with Gasteiger partial charge in [0.25, 0.3) is 34.7 Å². The smallest absolute Gasteiger partial charge is 0.496 e. The summed E-state index contributed by atoms with van der Waals surface area (Å²) in [6, 6.07) is 31.8. The number of hydrogen-bond donors (Lipinski definition) is 1. The van der Waals surface area contributed by atoms with Crippen molar-refractivity contribution in [1.29, 1.82) is 0 Å². The summed E-state index contributed by atoms with van der Waals surface area (Å²) in [5.74, 6) is 1.61. The molecule has 0 atom stereocenters. The summed E-state index contributed by atoms with van der Waals surface area (Å²) in [6.45, 7) is 32.7. The second-order valence-corrected chi connectivity index (χ2v) is 38.5. The van der Waals surface area contributed by atoms with Crippen LogP contribution in [0.2, 0.25) is 0 Å². The van der Waals surface area contributed by atoms with Crippen molar-refractivity contribution < 1.29 is 76.0 Å². The van der Waals surface area contributed by atoms with E-state index in [-0.39, 0.29) is 75.3 Å². The van der Waals surface area contributed by atoms with Gasteiger partial charge < -0.3 is 100 Å². The molecular weight excluding hydrogens is 1950 g/mol. The molecule has 7 amide bonds. The van der Waals surface area contributed by atoms with E-state index in [1.54, 1.807) is 156 Å². The average molecular weight is 2070 g/mol. The Morgan fingerprint density at radius 1 is 0.364 bits per heavy atom. The van der Waals surface area contributed by atoms with E-state index < -0.39 is 23.9 Å². The summed E-state index contributed by atoms with van der Waals surface area (Å²) < 4.78 is 58.0. The quantitative estimate of drug-likeness (QED) is 0.0674. The van der Waals surface area contributed by atoms with Crippen LogP contribution in [-0.2, 0) is 51.7 Å². The Bertz CT molecular complexity index is 5580. The third-order valence-corrected chi connectivity index (χ3v) is 23.8. The molecule has 0 saturated carbocycles. The third-order valence-electron chi connectivity index (χ3n) is 21.7. The molecule has 5 fully saturated rings. The highest BCUT2D eigenvalue weighted by Gasteiger charge is 2.52. The molecule has 129 heavy (non-hydrogen) atoms. The van der Waals surface area contributed by atoms with Crippen LogP contribution >= 0.6 is 61.1 Å². The predicted molar refractivity (Wildman–Crippen MR) is 514 cm³/mol. The molecule has 0 radical (unpaired) electrons. The minimum absolute atomic E-state index is 0.0139. The van der Waals surface area contributed by atoms with Gasteiger partial charge in [-0.15, -0.1) is 0 Å². The van der Waals surface area contributed by atoms with Crippen molar-refractivity contribution in [3.05, 3.63) is 209 Å². The molecule has 0 bridgehead atoms. The summed E-state index contributed by atoms with van der Waals surface area (Å²) in [6.07, 6.45) is 5.99. The van der Waals surface area contributed by atoms with Crippen molar-refractivity contribution in [2.45, 2.75) is 118 Å². The molecule has 36 heteroatoms. The Balaban J connectivity index is 0.000000184. The lowest BCUT2D eigenvalue weighted by molar-refractivity contribution is 0.00578. The van der Waals surface area contributed by atoms with E-state index in [9.17, 15) is 52.7 Å². The number of aryl methyl sites for hydroxylation is 4. The predicted octanol–water partition coefficient (Wildman–Crippen LogP) is 11.7. The zero-order chi connectivity index (χ0) is 95.1. The summed E-state index contributed by atoms with van der Waals surface area (Å²) >= 11 is 7.42. The van der Waals surface area contributed by atoms with Gasteiger partial charge in [0.1, 0.15) is 39.8 Å². The minimum atomic E-state index is -0.553. The van der Waals surface area contributed by atoms with E-state index in [1.807, 2.05) is 183 Å². The number of nitrogens with zero attached hydrogens (tertiary/aromatic N) is 11. The SMILES string of the molecule is COc1cc(-c2cc(I)c(=O)n(C)c2)ccc1C(=O)N1CCN(C(=O)OC(C)(C)C)CC1.COc1cc(-c2cc(I)c(=O)n(C)c2)ccc1C(=O)N1CCNCC1.COc1cc(-c2ccc(=O)n(C)c2)ccc1C(=O)N1CCN(C(=O)OC(C)(C)C)CC1.COc1cc(Br)ccc1C(=O)N1CCN(C(=O)OC(C)(C)C)CC1.Cn1cc(B2OC(C)(C)C(C)(C)O2)ccc1=O. The van der Waals surface area contributed by atoms with Gasteiger partial charge in [-0.3, -0.25) is 38.4 Å². The van der Waals surface area contributed by atoms with Crippen LogP contribution in [0.3, 0.4) is 0 Å². The Morgan fingerprint density at radius 3 is 0.953 bits per heavy atom. The first-order valence-electron chi connectivity index (χ1n) is 42.2. The second kappa shape index (κ2) is 43.9. The fourth-order valence-electron chi connectivity index (χ4n) is 13.9. The van der Waals surface area contributed by atoms with E-state index in [2.05, 4.69) is 21.2 Å². The average Bonchev–Trinajstić information content (AvgIpc) is 1.51. The molecule has 5 aliphatic rings. The number of halogens is 3. The van der Waals surface area contributed by atoms with Crippen LogP contribution < -0.4 is 52.0 Å². The van der Waals surface area contributed by atoms with Crippen molar-refractivity contribution in [3.8, 4) is 56.4 Å². The van der Waals surface area contributed by atoms with Crippen LogP contribution in [0.15, 0.2) is 158 Å². The van der Waals surface area contributed by atoms with Crippen molar-refractivity contribution in [3.63, 3.8) is 0 Å². The van der Waals surface area contributed by atoms with Crippen LogP contribution in [0.25, 0.3) is 33.4 Å². The van der Waals surface area contributed by atoms with Crippen LogP contribution in [-0.4, -0.2) is 263 Å². The van der Waals surface area contributed by atoms with Gasteiger partial charge in [-0.1, -0.05) is 40.2 Å². The standard InChI is InChI=1S/C23H28IN3O5.C23H29N3O5.C18H20IN3O3.C17H23BrN2O4.C12H18BNO3/c1-23(2,3)32-22(30)27-10-8-26(9-11-27)20(28)17-7-6-15(13-19(17)31-5)16-12-18(24)21(29)25(4)14-16;1-23(2,3)31-22(29)26-12-10-25(11-13-26)21(28)18-8-6-16(14-19(18)30-5)17-7-9-20(27)24(4)15-17;1-21-11-13(9-15(19)18(21)24)12-3-4-14(16(10-12)25-2)17(23)22-7-5-20-6-8-22;1-17(2,3)24-16(22)20-9-7-19(8-10-20)15(21)13-6-5-12(18)11-14(13)23-4;1-11(2)12(3,4)17-13(16-11)9-6-7-10(15)14(5)8-9/h6-7,12-14H,8-11H2,1-5H3;6-9,14-15H,10-13H2,1-5H3;3-4,9-11,20H,5-8H2,1-2H3;5-6,11H,7-10H2,1-4H3;6-8H,1-5H3. The lowest BCUT2D eigenvalue weighted by atomic mass is 9.80. The molecule has 0 aliphatic carbocycles. The topological polar surface area (TPSA) is 325 Å². The van der Waals surface area contributed by atoms with Gasteiger partial charge >= 0.3 is 25.4 Å². The Labute approximate surface area is 788 Å². The number of benzene rings is 4. The molecule has 5 saturated heterocycles. The van der Waals surface area contributed by atoms with Gasteiger partial charge in [0, 0.05) is 174 Å². The fraction of sp³-hybridized carbons (Fsp3) is 0.452. The van der Waals surface area contributed by atoms with E-state index in [4.69, 9.17) is 42.5 Å². The van der Waals surface area contributed by atoms with Crippen LogP contribution in [0.1, 0.15) is 131 Å². The summed E-state index contributed by atoms with van der Waals surface area (Å²) in [5.41, 5.74) is 5.55. The van der Waals surface area contributed by atoms with Crippen LogP contribution in [0, 0.1) is 7.14 Å². The summed E-state index contributed by atoms with van der Waals surface area (Å²) in [7, 11) is 12.6. The normalized spacial score (nSPS) is 15.5. The molecule has 8 aromatic rings. The fourth-order valence-corrected chi connectivity index (χ4v) is 15.7. The van der Waals surface area contributed by atoms with E-state index in [0.717, 1.165) is 56.4 Å². The van der Waals surface area contributed by atoms with E-state index >= 15 is 0 Å². The third kappa shape index (κ3) is 27.3. The van der Waals surface area contributed by atoms with Crippen LogP contribution in [0.5, 0.6) is 23.0 Å². The second-order valence-electron chi connectivity index (χ2n) is 35.3. The van der Waals surface area contributed by atoms with Crippen molar-refractivity contribution >= 4 is 116 Å². The molecule has 1 N–H and O–H groups in total. The number of carbonyl (C=O) groups excluding carboxylic acids is 7. The highest BCUT2D eigenvalue weighted by atomic mass is 127. The molecule has 694 valence electrons. The van der Waals surface area contributed by atoms with Crippen molar-refractivity contribution in [2.75, 3.05) is 133 Å². The molecule has 5 aliphatic heterocycles. The number of carbonyl (C=O) groups is 7. The number of piperazine rings is 4. The zero-order valence-electron chi connectivity index (χ0n) is 77.3. The molecular formula is C93H118BBrI2N12O20. The van der Waals surface area contributed by atoms with Gasteiger partial charge in [0.05, 0.1) is 69.0 Å². The number of aromatic nitrogens is 4. The maximum absolute atomic E-state index is 13.2. The molecule has 13 rings (SSSR count). The number of ether oxygens (including phenoxy) is 7. The number of rotatable bonds is 12. The highest BCUT2D eigenvalue weighted by Crippen LogP contribution is 2.38. The number of methoxy groups -OCH3 is 4. The summed E-state index contributed by atoms with van der Waals surface area (Å²) in [5, 5.41) is 3.24. The Morgan fingerprint density at radius 2 is 0.643 bits per heavy atom. The lowest BCUT2D eigenvalue weighted by Gasteiger charge is -2.35. The zero-order valence-corrected chi connectivity index (χ0v) is 83.2. The minimum Gasteiger partial charge on any atom is -0.496 e. The molecule has 9 heterocycles. The van der Waals surface area contributed by atoms with Gasteiger partial charge in [0.2, 0.25) is 11.1 Å². The maximum atomic E-state index is 13.2. The lowest BCUT2D eigenvalue weighted by Crippen LogP contribution is -2.51. The molecule has 0 unspecified atom stereocenters. The number of nitrogens with one attached hydrogen (secondary N) is 1. The monoisotopic (exact) mass is 2070 g/mol. The number of hydrogen-bond acceptors (Lipinski definition) is 21. The van der Waals surface area contributed by atoms with Crippen molar-refractivity contribution in [1.82, 2.24) is 57.9 Å². The van der Waals surface area contributed by atoms with E-state index in [0.29, 0.717) is 144 Å². The van der Waals surface area contributed by atoms with E-state index in [1.165, 1.54) is 40.1 Å². The Kier molecular flexibility index (Phi) is 34.8. The molecule has 0 spiro atoms. The van der Waals surface area contributed by atoms with Gasteiger partial charge in [-0.25, -0.2) is 14.4 Å².